The number of nitrogens with one attached hydrogen (secondary N) is 1. The van der Waals surface area contributed by atoms with Crippen molar-refractivity contribution in [2.45, 2.75) is 13.8 Å². The Morgan fingerprint density at radius 1 is 1.45 bits per heavy atom. The van der Waals surface area contributed by atoms with Crippen molar-refractivity contribution in [2.75, 3.05) is 13.2 Å². The lowest BCUT2D eigenvalue weighted by Gasteiger charge is -2.21. The van der Waals surface area contributed by atoms with E-state index in [1.807, 2.05) is 0 Å². The van der Waals surface area contributed by atoms with Crippen LogP contribution in [0.2, 0.25) is 10.0 Å². The molecule has 1 aromatic carbocycles. The number of nitro benzene ring substituents is 1. The lowest BCUT2D eigenvalue weighted by molar-refractivity contribution is -0.384. The summed E-state index contributed by atoms with van der Waals surface area (Å²) in [5.74, 6) is -0.520. The summed E-state index contributed by atoms with van der Waals surface area (Å²) in [6.07, 6.45) is 0. The molecule has 2 N–H and O–H groups in total. The van der Waals surface area contributed by atoms with E-state index in [1.54, 1.807) is 13.8 Å². The van der Waals surface area contributed by atoms with Crippen molar-refractivity contribution in [1.82, 2.24) is 5.32 Å². The van der Waals surface area contributed by atoms with Crippen molar-refractivity contribution in [1.29, 1.82) is 0 Å². The highest BCUT2D eigenvalue weighted by Gasteiger charge is 2.22. The van der Waals surface area contributed by atoms with E-state index in [0.717, 1.165) is 6.07 Å². The number of carbonyl (C=O) groups excluding carboxylic acids is 1. The van der Waals surface area contributed by atoms with Crippen LogP contribution in [-0.4, -0.2) is 29.1 Å². The van der Waals surface area contributed by atoms with Crippen molar-refractivity contribution >= 4 is 34.8 Å². The molecule has 8 heteroatoms. The Morgan fingerprint density at radius 2 is 2.05 bits per heavy atom. The molecule has 0 aromatic heterocycles. The van der Waals surface area contributed by atoms with Crippen molar-refractivity contribution in [3.8, 4) is 0 Å². The van der Waals surface area contributed by atoms with Gasteiger partial charge in [-0.3, -0.25) is 14.9 Å². The number of amides is 1. The molecular formula is C12H14Cl2N2O4. The number of carbonyl (C=O) groups is 1. The number of nitrogens with zero attached hydrogens (tertiary/aromatic N) is 1. The summed E-state index contributed by atoms with van der Waals surface area (Å²) >= 11 is 11.5. The van der Waals surface area contributed by atoms with Crippen LogP contribution >= 0.6 is 23.2 Å². The van der Waals surface area contributed by atoms with Crippen LogP contribution in [0.3, 0.4) is 0 Å². The van der Waals surface area contributed by atoms with Crippen LogP contribution in [0.25, 0.3) is 0 Å². The molecule has 1 aromatic rings. The minimum atomic E-state index is -0.706. The first-order valence-corrected chi connectivity index (χ1v) is 6.46. The fourth-order valence-corrected chi connectivity index (χ4v) is 1.71. The van der Waals surface area contributed by atoms with E-state index in [2.05, 4.69) is 5.32 Å². The molecule has 0 radical (unpaired) electrons. The number of benzene rings is 1. The average Bonchev–Trinajstić information content (AvgIpc) is 2.38. The fraction of sp³-hybridized carbons (Fsp3) is 0.417. The van der Waals surface area contributed by atoms with Gasteiger partial charge in [-0.2, -0.15) is 0 Å². The molecule has 6 nitrogen and oxygen atoms in total. The van der Waals surface area contributed by atoms with Crippen LogP contribution in [0, 0.1) is 15.5 Å². The van der Waals surface area contributed by atoms with Crippen molar-refractivity contribution in [3.63, 3.8) is 0 Å². The monoisotopic (exact) mass is 320 g/mol. The number of hydrogen-bond acceptors (Lipinski definition) is 4. The van der Waals surface area contributed by atoms with Crippen LogP contribution < -0.4 is 5.32 Å². The van der Waals surface area contributed by atoms with Crippen LogP contribution in [0.5, 0.6) is 0 Å². The van der Waals surface area contributed by atoms with Gasteiger partial charge in [0.2, 0.25) is 0 Å². The van der Waals surface area contributed by atoms with Gasteiger partial charge in [0.05, 0.1) is 9.95 Å². The maximum absolute atomic E-state index is 11.9. The first-order valence-electron chi connectivity index (χ1n) is 5.70. The van der Waals surface area contributed by atoms with Gasteiger partial charge in [-0.15, -0.1) is 0 Å². The number of nitro groups is 1. The second-order valence-corrected chi connectivity index (χ2v) is 5.84. The van der Waals surface area contributed by atoms with E-state index in [1.165, 1.54) is 6.07 Å². The molecule has 1 amide bonds. The molecule has 0 bridgehead atoms. The first kappa shape index (κ1) is 16.7. The lowest BCUT2D eigenvalue weighted by Crippen LogP contribution is -2.36. The van der Waals surface area contributed by atoms with Gasteiger partial charge < -0.3 is 10.4 Å². The van der Waals surface area contributed by atoms with Crippen LogP contribution in [0.15, 0.2) is 12.1 Å². The zero-order chi connectivity index (χ0) is 15.5. The highest BCUT2D eigenvalue weighted by Crippen LogP contribution is 2.33. The van der Waals surface area contributed by atoms with Gasteiger partial charge in [0.25, 0.3) is 11.6 Å². The maximum Gasteiger partial charge on any atom is 0.290 e. The van der Waals surface area contributed by atoms with E-state index in [-0.39, 0.29) is 28.8 Å². The molecule has 0 heterocycles. The second kappa shape index (κ2) is 6.39. The Balaban J connectivity index is 2.97. The van der Waals surface area contributed by atoms with Gasteiger partial charge in [-0.1, -0.05) is 37.0 Å². The zero-order valence-corrected chi connectivity index (χ0v) is 12.5. The summed E-state index contributed by atoms with van der Waals surface area (Å²) in [6, 6.07) is 2.33. The third-order valence-electron chi connectivity index (χ3n) is 2.62. The quantitative estimate of drug-likeness (QED) is 0.644. The van der Waals surface area contributed by atoms with Gasteiger partial charge >= 0.3 is 0 Å². The molecule has 0 fully saturated rings. The molecule has 0 saturated heterocycles. The summed E-state index contributed by atoms with van der Waals surface area (Å²) < 4.78 is 0. The molecule has 0 spiro atoms. The van der Waals surface area contributed by atoms with Crippen LogP contribution in [0.4, 0.5) is 5.69 Å². The topological polar surface area (TPSA) is 92.5 Å². The summed E-state index contributed by atoms with van der Waals surface area (Å²) in [5.41, 5.74) is -0.872. The molecule has 110 valence electrons. The van der Waals surface area contributed by atoms with Crippen molar-refractivity contribution in [2.24, 2.45) is 5.41 Å². The molecule has 0 saturated carbocycles. The van der Waals surface area contributed by atoms with Gasteiger partial charge in [0, 0.05) is 30.2 Å². The molecule has 0 unspecified atom stereocenters. The predicted molar refractivity (Wildman–Crippen MR) is 76.3 cm³/mol. The van der Waals surface area contributed by atoms with E-state index >= 15 is 0 Å². The van der Waals surface area contributed by atoms with Gasteiger partial charge in [0.15, 0.2) is 0 Å². The largest absolute Gasteiger partial charge is 0.396 e. The fourth-order valence-electron chi connectivity index (χ4n) is 1.32. The third kappa shape index (κ3) is 4.06. The maximum atomic E-state index is 11.9. The van der Waals surface area contributed by atoms with E-state index < -0.39 is 21.9 Å². The molecule has 20 heavy (non-hydrogen) atoms. The van der Waals surface area contributed by atoms with E-state index in [9.17, 15) is 14.9 Å². The first-order chi connectivity index (χ1) is 9.18. The highest BCUT2D eigenvalue weighted by atomic mass is 35.5. The second-order valence-electron chi connectivity index (χ2n) is 5.05. The Kier molecular flexibility index (Phi) is 5.33. The Bertz CT molecular complexity index is 547. The SMILES string of the molecule is CC(C)(CO)CNC(=O)c1cc(Cl)c(Cl)c([N+](=O)[O-])c1. The van der Waals surface area contributed by atoms with Crippen LogP contribution in [-0.2, 0) is 0 Å². The molecular weight excluding hydrogens is 307 g/mol. The highest BCUT2D eigenvalue weighted by molar-refractivity contribution is 6.43. The molecule has 1 rings (SSSR count). The minimum absolute atomic E-state index is 0.0415. The number of aliphatic hydroxyl groups is 1. The van der Waals surface area contributed by atoms with Gasteiger partial charge in [0.1, 0.15) is 5.02 Å². The minimum Gasteiger partial charge on any atom is -0.396 e. The number of hydrogen-bond donors (Lipinski definition) is 2. The lowest BCUT2D eigenvalue weighted by atomic mass is 9.95. The van der Waals surface area contributed by atoms with Gasteiger partial charge in [-0.25, -0.2) is 0 Å². The summed E-state index contributed by atoms with van der Waals surface area (Å²) in [7, 11) is 0. The average molecular weight is 321 g/mol. The summed E-state index contributed by atoms with van der Waals surface area (Å²) in [6.45, 7) is 3.65. The van der Waals surface area contributed by atoms with E-state index in [4.69, 9.17) is 28.3 Å². The summed E-state index contributed by atoms with van der Waals surface area (Å²) in [5, 5.41) is 22.2. The number of rotatable bonds is 5. The molecule has 0 aliphatic carbocycles. The van der Waals surface area contributed by atoms with Gasteiger partial charge in [-0.05, 0) is 6.07 Å². The predicted octanol–water partition coefficient (Wildman–Crippen LogP) is 2.65. The summed E-state index contributed by atoms with van der Waals surface area (Å²) in [4.78, 5) is 22.0. The Labute approximate surface area is 125 Å². The smallest absolute Gasteiger partial charge is 0.290 e. The Morgan fingerprint density at radius 3 is 2.55 bits per heavy atom. The van der Waals surface area contributed by atoms with E-state index in [0.29, 0.717) is 0 Å². The number of aliphatic hydroxyl groups excluding tert-OH is 1. The number of halogens is 2. The van der Waals surface area contributed by atoms with Crippen molar-refractivity contribution < 1.29 is 14.8 Å². The molecule has 0 atom stereocenters. The molecule has 0 aliphatic rings. The van der Waals surface area contributed by atoms with Crippen molar-refractivity contribution in [3.05, 3.63) is 37.9 Å². The standard InChI is InChI=1S/C12H14Cl2N2O4/c1-12(2,6-17)5-15-11(18)7-3-8(13)10(14)9(4-7)16(19)20/h3-4,17H,5-6H2,1-2H3,(H,15,18). The van der Waals surface area contributed by atoms with Crippen LogP contribution in [0.1, 0.15) is 24.2 Å². The zero-order valence-electron chi connectivity index (χ0n) is 10.9. The normalized spacial score (nSPS) is 11.2. The Hall–Kier alpha value is -1.37. The molecule has 0 aliphatic heterocycles. The third-order valence-corrected chi connectivity index (χ3v) is 3.42.